The second kappa shape index (κ2) is 3.97. The zero-order valence-electron chi connectivity index (χ0n) is 9.90. The van der Waals surface area contributed by atoms with E-state index in [2.05, 4.69) is 61.3 Å². The van der Waals surface area contributed by atoms with E-state index in [1.807, 2.05) is 0 Å². The number of benzene rings is 2. The zero-order chi connectivity index (χ0) is 11.8. The molecule has 0 bridgehead atoms. The van der Waals surface area contributed by atoms with Crippen molar-refractivity contribution in [1.29, 1.82) is 0 Å². The number of hydrogen-bond acceptors (Lipinski definition) is 2. The summed E-state index contributed by atoms with van der Waals surface area (Å²) in [4.78, 5) is 4.48. The van der Waals surface area contributed by atoms with Crippen molar-refractivity contribution in [1.82, 2.24) is 4.98 Å². The van der Waals surface area contributed by atoms with Crippen LogP contribution in [-0.4, -0.2) is 4.98 Å². The lowest BCUT2D eigenvalue weighted by molar-refractivity contribution is 1.35. The highest BCUT2D eigenvalue weighted by atomic mass is 32.1. The fraction of sp³-hybridized carbons (Fsp3) is 0.133. The predicted molar refractivity (Wildman–Crippen MR) is 74.5 cm³/mol. The summed E-state index contributed by atoms with van der Waals surface area (Å²) in [5.41, 5.74) is 4.94. The summed E-state index contributed by atoms with van der Waals surface area (Å²) < 4.78 is 1.27. The summed E-state index contributed by atoms with van der Waals surface area (Å²) in [5, 5.41) is 1.13. The van der Waals surface area contributed by atoms with E-state index >= 15 is 0 Å². The van der Waals surface area contributed by atoms with E-state index in [-0.39, 0.29) is 0 Å². The quantitative estimate of drug-likeness (QED) is 0.605. The van der Waals surface area contributed by atoms with Gasteiger partial charge in [-0.25, -0.2) is 4.98 Å². The van der Waals surface area contributed by atoms with Gasteiger partial charge >= 0.3 is 0 Å². The molecule has 0 unspecified atom stereocenters. The van der Waals surface area contributed by atoms with Gasteiger partial charge in [0.2, 0.25) is 0 Å². The Balaban J connectivity index is 2.17. The van der Waals surface area contributed by atoms with E-state index in [9.17, 15) is 0 Å². The van der Waals surface area contributed by atoms with Gasteiger partial charge in [0.15, 0.2) is 0 Å². The van der Waals surface area contributed by atoms with Gasteiger partial charge in [0.25, 0.3) is 0 Å². The molecule has 0 N–H and O–H groups in total. The molecule has 0 amide bonds. The largest absolute Gasteiger partial charge is 0.242 e. The first-order valence-electron chi connectivity index (χ1n) is 5.66. The smallest absolute Gasteiger partial charge is 0.0907 e. The Kier molecular flexibility index (Phi) is 2.45. The molecule has 0 atom stereocenters. The van der Waals surface area contributed by atoms with Gasteiger partial charge in [-0.15, -0.1) is 11.3 Å². The third-order valence-electron chi connectivity index (χ3n) is 2.85. The predicted octanol–water partition coefficient (Wildman–Crippen LogP) is 4.58. The number of thiazole rings is 1. The average Bonchev–Trinajstić information content (AvgIpc) is 2.68. The summed E-state index contributed by atoms with van der Waals surface area (Å²) in [6.45, 7) is 4.18. The molecule has 0 saturated heterocycles. The minimum atomic E-state index is 1.10. The van der Waals surface area contributed by atoms with Gasteiger partial charge in [0.1, 0.15) is 0 Å². The first kappa shape index (κ1) is 10.5. The highest BCUT2D eigenvalue weighted by Gasteiger charge is 2.03. The van der Waals surface area contributed by atoms with Crippen LogP contribution in [0.5, 0.6) is 0 Å². The van der Waals surface area contributed by atoms with Crippen LogP contribution in [0.4, 0.5) is 0 Å². The Morgan fingerprint density at radius 3 is 2.59 bits per heavy atom. The van der Waals surface area contributed by atoms with Gasteiger partial charge in [-0.05, 0) is 37.1 Å². The van der Waals surface area contributed by atoms with E-state index in [1.54, 1.807) is 11.3 Å². The standard InChI is InChI=1S/C15H13NS/c1-10-4-3-5-12(8-10)13-6-7-14-15(9-13)17-11(2)16-14/h3-9H,1-2H3. The molecule has 1 heterocycles. The van der Waals surface area contributed by atoms with Crippen molar-refractivity contribution < 1.29 is 0 Å². The maximum Gasteiger partial charge on any atom is 0.0907 e. The summed E-state index contributed by atoms with van der Waals surface area (Å²) in [6, 6.07) is 15.1. The minimum Gasteiger partial charge on any atom is -0.242 e. The van der Waals surface area contributed by atoms with E-state index in [0.29, 0.717) is 0 Å². The third-order valence-corrected chi connectivity index (χ3v) is 3.78. The van der Waals surface area contributed by atoms with Crippen LogP contribution in [0.1, 0.15) is 10.6 Å². The first-order chi connectivity index (χ1) is 8.22. The van der Waals surface area contributed by atoms with E-state index < -0.39 is 0 Å². The molecule has 1 aromatic heterocycles. The Labute approximate surface area is 105 Å². The fourth-order valence-corrected chi connectivity index (χ4v) is 2.91. The molecule has 3 aromatic rings. The van der Waals surface area contributed by atoms with Crippen molar-refractivity contribution in [2.45, 2.75) is 13.8 Å². The minimum absolute atomic E-state index is 1.10. The van der Waals surface area contributed by atoms with Gasteiger partial charge < -0.3 is 0 Å². The average molecular weight is 239 g/mol. The normalized spacial score (nSPS) is 10.9. The van der Waals surface area contributed by atoms with Crippen molar-refractivity contribution in [3.63, 3.8) is 0 Å². The molecular formula is C15H13NS. The molecule has 17 heavy (non-hydrogen) atoms. The molecule has 1 nitrogen and oxygen atoms in total. The van der Waals surface area contributed by atoms with Crippen LogP contribution >= 0.6 is 11.3 Å². The Morgan fingerprint density at radius 2 is 1.76 bits per heavy atom. The molecule has 0 aliphatic carbocycles. The number of rotatable bonds is 1. The van der Waals surface area contributed by atoms with E-state index in [0.717, 1.165) is 10.5 Å². The molecule has 0 aliphatic rings. The van der Waals surface area contributed by atoms with Crippen LogP contribution in [-0.2, 0) is 0 Å². The van der Waals surface area contributed by atoms with Gasteiger partial charge in [-0.2, -0.15) is 0 Å². The van der Waals surface area contributed by atoms with Crippen LogP contribution < -0.4 is 0 Å². The summed E-state index contributed by atoms with van der Waals surface area (Å²) in [6.07, 6.45) is 0. The molecule has 2 aromatic carbocycles. The summed E-state index contributed by atoms with van der Waals surface area (Å²) >= 11 is 1.75. The first-order valence-corrected chi connectivity index (χ1v) is 6.48. The van der Waals surface area contributed by atoms with Gasteiger partial charge in [0.05, 0.1) is 15.2 Å². The molecule has 0 radical (unpaired) electrons. The van der Waals surface area contributed by atoms with Crippen LogP contribution in [0.25, 0.3) is 21.3 Å². The van der Waals surface area contributed by atoms with E-state index in [1.165, 1.54) is 21.4 Å². The molecule has 0 spiro atoms. The van der Waals surface area contributed by atoms with Gasteiger partial charge in [-0.3, -0.25) is 0 Å². The maximum absolute atomic E-state index is 4.48. The van der Waals surface area contributed by atoms with E-state index in [4.69, 9.17) is 0 Å². The number of aryl methyl sites for hydroxylation is 2. The lowest BCUT2D eigenvalue weighted by Crippen LogP contribution is -1.79. The highest BCUT2D eigenvalue weighted by molar-refractivity contribution is 7.18. The van der Waals surface area contributed by atoms with Crippen LogP contribution in [0.3, 0.4) is 0 Å². The number of hydrogen-bond donors (Lipinski definition) is 0. The van der Waals surface area contributed by atoms with Crippen molar-refractivity contribution in [3.8, 4) is 11.1 Å². The number of fused-ring (bicyclic) bond motifs is 1. The lowest BCUT2D eigenvalue weighted by atomic mass is 10.0. The molecule has 84 valence electrons. The third kappa shape index (κ3) is 1.96. The topological polar surface area (TPSA) is 12.9 Å². The van der Waals surface area contributed by atoms with Crippen molar-refractivity contribution >= 4 is 21.6 Å². The zero-order valence-corrected chi connectivity index (χ0v) is 10.7. The Bertz CT molecular complexity index is 682. The van der Waals surface area contributed by atoms with Crippen LogP contribution in [0.2, 0.25) is 0 Å². The SMILES string of the molecule is Cc1cccc(-c2ccc3nc(C)sc3c2)c1. The van der Waals surface area contributed by atoms with Crippen molar-refractivity contribution in [3.05, 3.63) is 53.0 Å². The second-order valence-corrected chi connectivity index (χ2v) is 5.52. The molecular weight excluding hydrogens is 226 g/mol. The van der Waals surface area contributed by atoms with Gasteiger partial charge in [0, 0.05) is 0 Å². The summed E-state index contributed by atoms with van der Waals surface area (Å²) in [7, 11) is 0. The van der Waals surface area contributed by atoms with Crippen LogP contribution in [0.15, 0.2) is 42.5 Å². The lowest BCUT2D eigenvalue weighted by Gasteiger charge is -2.02. The number of nitrogens with zero attached hydrogens (tertiary/aromatic N) is 1. The highest BCUT2D eigenvalue weighted by Crippen LogP contribution is 2.28. The van der Waals surface area contributed by atoms with Gasteiger partial charge in [-0.1, -0.05) is 35.9 Å². The fourth-order valence-electron chi connectivity index (χ4n) is 2.04. The summed E-state index contributed by atoms with van der Waals surface area (Å²) in [5.74, 6) is 0. The van der Waals surface area contributed by atoms with Crippen molar-refractivity contribution in [2.24, 2.45) is 0 Å². The Hall–Kier alpha value is -1.67. The maximum atomic E-state index is 4.48. The second-order valence-electron chi connectivity index (χ2n) is 4.28. The monoisotopic (exact) mass is 239 g/mol. The number of aromatic nitrogens is 1. The molecule has 0 aliphatic heterocycles. The van der Waals surface area contributed by atoms with Crippen LogP contribution in [0, 0.1) is 13.8 Å². The molecule has 2 heteroatoms. The molecule has 0 fully saturated rings. The van der Waals surface area contributed by atoms with Crippen molar-refractivity contribution in [2.75, 3.05) is 0 Å². The Morgan fingerprint density at radius 1 is 0.941 bits per heavy atom. The molecule has 0 saturated carbocycles. The molecule has 3 rings (SSSR count).